The summed E-state index contributed by atoms with van der Waals surface area (Å²) in [7, 11) is 0. The van der Waals surface area contributed by atoms with Crippen molar-refractivity contribution in [2.24, 2.45) is 5.92 Å². The summed E-state index contributed by atoms with van der Waals surface area (Å²) in [5.41, 5.74) is 0.589. The number of likely N-dealkylation sites (tertiary alicyclic amines) is 1. The van der Waals surface area contributed by atoms with E-state index >= 15 is 0 Å². The van der Waals surface area contributed by atoms with Gasteiger partial charge in [0.05, 0.1) is 0 Å². The fourth-order valence-electron chi connectivity index (χ4n) is 4.44. The van der Waals surface area contributed by atoms with Gasteiger partial charge in [0.25, 0.3) is 5.91 Å². The third kappa shape index (κ3) is 2.46. The molecule has 4 rings (SSSR count). The van der Waals surface area contributed by atoms with Gasteiger partial charge in [-0.2, -0.15) is 0 Å². The average molecular weight is 323 g/mol. The lowest BCUT2D eigenvalue weighted by Crippen LogP contribution is -2.46. The van der Waals surface area contributed by atoms with Crippen LogP contribution in [-0.2, 0) is 4.79 Å². The molecule has 1 N–H and O–H groups in total. The van der Waals surface area contributed by atoms with E-state index in [0.29, 0.717) is 17.9 Å². The quantitative estimate of drug-likeness (QED) is 0.917. The molecule has 1 amide bonds. The van der Waals surface area contributed by atoms with Crippen LogP contribution in [-0.4, -0.2) is 34.0 Å². The van der Waals surface area contributed by atoms with Crippen LogP contribution >= 0.6 is 0 Å². The maximum absolute atomic E-state index is 13.1. The van der Waals surface area contributed by atoms with Crippen molar-refractivity contribution in [3.8, 4) is 0 Å². The Labute approximate surface area is 141 Å². The topological polar surface area (TPSA) is 57.6 Å². The van der Waals surface area contributed by atoms with Crippen LogP contribution in [0.25, 0.3) is 10.8 Å². The zero-order valence-electron chi connectivity index (χ0n) is 13.5. The maximum Gasteiger partial charge on any atom is 0.326 e. The summed E-state index contributed by atoms with van der Waals surface area (Å²) in [6.45, 7) is 0. The molecule has 4 nitrogen and oxygen atoms in total. The fraction of sp³-hybridized carbons (Fsp3) is 0.400. The van der Waals surface area contributed by atoms with Gasteiger partial charge < -0.3 is 10.0 Å². The monoisotopic (exact) mass is 323 g/mol. The maximum atomic E-state index is 13.1. The molecule has 1 aliphatic heterocycles. The highest BCUT2D eigenvalue weighted by atomic mass is 16.4. The van der Waals surface area contributed by atoms with E-state index in [2.05, 4.69) is 0 Å². The summed E-state index contributed by atoms with van der Waals surface area (Å²) in [5, 5.41) is 11.7. The second-order valence-corrected chi connectivity index (χ2v) is 6.98. The number of carboxylic acids is 1. The van der Waals surface area contributed by atoms with Crippen molar-refractivity contribution in [2.75, 3.05) is 0 Å². The van der Waals surface area contributed by atoms with Gasteiger partial charge in [0.15, 0.2) is 0 Å². The predicted octanol–water partition coefficient (Wildman–Crippen LogP) is 3.70. The number of nitrogens with zero attached hydrogens (tertiary/aromatic N) is 1. The van der Waals surface area contributed by atoms with Crippen LogP contribution in [0.15, 0.2) is 42.5 Å². The van der Waals surface area contributed by atoms with Crippen molar-refractivity contribution in [3.05, 3.63) is 48.0 Å². The number of hydrogen-bond acceptors (Lipinski definition) is 2. The molecule has 1 heterocycles. The molecule has 1 saturated carbocycles. The van der Waals surface area contributed by atoms with Crippen LogP contribution in [0.4, 0.5) is 0 Å². The first-order valence-electron chi connectivity index (χ1n) is 8.69. The molecule has 2 aromatic rings. The normalized spacial score (nSPS) is 26.3. The SMILES string of the molecule is O=C(O)[C@H]1C[C@H]2CCCC[C@H]2N1C(=O)c1ccc2ccccc2c1. The number of carboxylic acid groups (broad SMARTS) is 1. The number of hydrogen-bond donors (Lipinski definition) is 1. The number of rotatable bonds is 2. The number of amides is 1. The molecule has 1 saturated heterocycles. The summed E-state index contributed by atoms with van der Waals surface area (Å²) in [5.74, 6) is -0.676. The van der Waals surface area contributed by atoms with E-state index in [4.69, 9.17) is 0 Å². The minimum atomic E-state index is -0.876. The lowest BCUT2D eigenvalue weighted by Gasteiger charge is -2.33. The van der Waals surface area contributed by atoms with E-state index in [-0.39, 0.29) is 11.9 Å². The highest BCUT2D eigenvalue weighted by Gasteiger charge is 2.47. The first-order valence-corrected chi connectivity index (χ1v) is 8.69. The molecule has 0 radical (unpaired) electrons. The Bertz CT molecular complexity index is 800. The lowest BCUT2D eigenvalue weighted by molar-refractivity contribution is -0.141. The van der Waals surface area contributed by atoms with Crippen molar-refractivity contribution >= 4 is 22.6 Å². The second-order valence-electron chi connectivity index (χ2n) is 6.98. The van der Waals surface area contributed by atoms with E-state index in [1.807, 2.05) is 42.5 Å². The first kappa shape index (κ1) is 15.2. The van der Waals surface area contributed by atoms with Gasteiger partial charge in [-0.05, 0) is 48.1 Å². The van der Waals surface area contributed by atoms with Crippen molar-refractivity contribution in [3.63, 3.8) is 0 Å². The number of carbonyl (C=O) groups is 2. The molecule has 2 aliphatic rings. The van der Waals surface area contributed by atoms with Gasteiger partial charge in [0.2, 0.25) is 0 Å². The predicted molar refractivity (Wildman–Crippen MR) is 91.9 cm³/mol. The molecule has 24 heavy (non-hydrogen) atoms. The van der Waals surface area contributed by atoms with Gasteiger partial charge in [-0.25, -0.2) is 4.79 Å². The van der Waals surface area contributed by atoms with E-state index in [9.17, 15) is 14.7 Å². The number of fused-ring (bicyclic) bond motifs is 2. The molecule has 1 aliphatic carbocycles. The van der Waals surface area contributed by atoms with Crippen molar-refractivity contribution in [1.82, 2.24) is 4.90 Å². The largest absolute Gasteiger partial charge is 0.480 e. The average Bonchev–Trinajstić information content (AvgIpc) is 3.00. The van der Waals surface area contributed by atoms with Gasteiger partial charge >= 0.3 is 5.97 Å². The Morgan fingerprint density at radius 1 is 1.00 bits per heavy atom. The minimum Gasteiger partial charge on any atom is -0.480 e. The molecule has 124 valence electrons. The molecule has 4 heteroatoms. The highest BCUT2D eigenvalue weighted by molar-refractivity contribution is 6.00. The van der Waals surface area contributed by atoms with Crippen LogP contribution in [0.1, 0.15) is 42.5 Å². The Hall–Kier alpha value is -2.36. The Morgan fingerprint density at radius 2 is 1.75 bits per heavy atom. The van der Waals surface area contributed by atoms with Gasteiger partial charge in [-0.15, -0.1) is 0 Å². The Kier molecular flexibility index (Phi) is 3.75. The van der Waals surface area contributed by atoms with Crippen LogP contribution in [0.3, 0.4) is 0 Å². The Morgan fingerprint density at radius 3 is 2.54 bits per heavy atom. The van der Waals surface area contributed by atoms with E-state index in [0.717, 1.165) is 36.5 Å². The minimum absolute atomic E-state index is 0.0822. The van der Waals surface area contributed by atoms with Crippen molar-refractivity contribution in [1.29, 1.82) is 0 Å². The van der Waals surface area contributed by atoms with Gasteiger partial charge in [0.1, 0.15) is 6.04 Å². The lowest BCUT2D eigenvalue weighted by atomic mass is 9.84. The van der Waals surface area contributed by atoms with E-state index in [1.165, 1.54) is 0 Å². The molecule has 3 atom stereocenters. The van der Waals surface area contributed by atoms with Gasteiger partial charge in [0, 0.05) is 11.6 Å². The van der Waals surface area contributed by atoms with Crippen LogP contribution in [0, 0.1) is 5.92 Å². The zero-order chi connectivity index (χ0) is 16.7. The summed E-state index contributed by atoms with van der Waals surface area (Å²) >= 11 is 0. The molecule has 2 fully saturated rings. The van der Waals surface area contributed by atoms with Gasteiger partial charge in [-0.1, -0.05) is 43.2 Å². The van der Waals surface area contributed by atoms with Crippen molar-refractivity contribution < 1.29 is 14.7 Å². The number of benzene rings is 2. The fourth-order valence-corrected chi connectivity index (χ4v) is 4.44. The summed E-state index contributed by atoms with van der Waals surface area (Å²) in [4.78, 5) is 26.5. The molecule has 0 spiro atoms. The summed E-state index contributed by atoms with van der Waals surface area (Å²) in [6.07, 6.45) is 4.78. The highest BCUT2D eigenvalue weighted by Crippen LogP contribution is 2.40. The smallest absolute Gasteiger partial charge is 0.326 e. The molecule has 2 aromatic carbocycles. The van der Waals surface area contributed by atoms with Gasteiger partial charge in [-0.3, -0.25) is 4.79 Å². The second kappa shape index (κ2) is 5.93. The first-order chi connectivity index (χ1) is 11.6. The van der Waals surface area contributed by atoms with Crippen LogP contribution < -0.4 is 0 Å². The number of carbonyl (C=O) groups excluding carboxylic acids is 1. The summed E-state index contributed by atoms with van der Waals surface area (Å²) < 4.78 is 0. The van der Waals surface area contributed by atoms with E-state index < -0.39 is 12.0 Å². The third-order valence-electron chi connectivity index (χ3n) is 5.60. The molecule has 0 bridgehead atoms. The van der Waals surface area contributed by atoms with Crippen LogP contribution in [0.2, 0.25) is 0 Å². The standard InChI is InChI=1S/C20H21NO3/c22-19(16-10-9-13-5-1-2-6-14(13)11-16)21-17-8-4-3-7-15(17)12-18(21)20(23)24/h1-2,5-6,9-11,15,17-18H,3-4,7-8,12H2,(H,23,24)/t15-,17-,18-/m1/s1. The third-order valence-corrected chi connectivity index (χ3v) is 5.60. The molecular formula is C20H21NO3. The Balaban J connectivity index is 1.70. The summed E-state index contributed by atoms with van der Waals surface area (Å²) in [6, 6.07) is 12.9. The number of aliphatic carboxylic acids is 1. The molecular weight excluding hydrogens is 302 g/mol. The zero-order valence-corrected chi connectivity index (χ0v) is 13.5. The van der Waals surface area contributed by atoms with Crippen molar-refractivity contribution in [2.45, 2.75) is 44.2 Å². The van der Waals surface area contributed by atoms with E-state index in [1.54, 1.807) is 4.90 Å². The molecule has 0 aromatic heterocycles. The molecule has 0 unspecified atom stereocenters. The van der Waals surface area contributed by atoms with Crippen LogP contribution in [0.5, 0.6) is 0 Å².